The zero-order valence-corrected chi connectivity index (χ0v) is 15.2. The van der Waals surface area contributed by atoms with E-state index in [9.17, 15) is 9.59 Å². The summed E-state index contributed by atoms with van der Waals surface area (Å²) in [6.07, 6.45) is 7.53. The standard InChI is InChI=1S/C18H20ClNO3S/c1-23-15-8-7-14(19)9-13(15)10-16-17(21)20(18(22)24-16)11-12-5-3-2-4-6-12/h7-10,12H,2-6,11H2,1H3/b16-10+. The number of imide groups is 1. The number of hydrogen-bond acceptors (Lipinski definition) is 4. The van der Waals surface area contributed by atoms with Crippen LogP contribution in [0.5, 0.6) is 5.75 Å². The van der Waals surface area contributed by atoms with Crippen LogP contribution < -0.4 is 4.74 Å². The molecule has 1 aliphatic carbocycles. The van der Waals surface area contributed by atoms with Crippen LogP contribution in [0.4, 0.5) is 4.79 Å². The molecule has 1 saturated heterocycles. The summed E-state index contributed by atoms with van der Waals surface area (Å²) in [4.78, 5) is 26.7. The first-order chi connectivity index (χ1) is 11.6. The minimum Gasteiger partial charge on any atom is -0.496 e. The highest BCUT2D eigenvalue weighted by Crippen LogP contribution is 2.36. The summed E-state index contributed by atoms with van der Waals surface area (Å²) in [5, 5.41) is 0.376. The molecule has 1 aliphatic heterocycles. The average molecular weight is 366 g/mol. The fourth-order valence-electron chi connectivity index (χ4n) is 3.24. The van der Waals surface area contributed by atoms with Crippen LogP contribution in [0.2, 0.25) is 5.02 Å². The number of amides is 2. The van der Waals surface area contributed by atoms with Gasteiger partial charge < -0.3 is 4.74 Å². The summed E-state index contributed by atoms with van der Waals surface area (Å²) in [7, 11) is 1.56. The van der Waals surface area contributed by atoms with E-state index >= 15 is 0 Å². The quantitative estimate of drug-likeness (QED) is 0.707. The van der Waals surface area contributed by atoms with Crippen molar-refractivity contribution in [2.24, 2.45) is 5.92 Å². The first-order valence-corrected chi connectivity index (χ1v) is 9.37. The smallest absolute Gasteiger partial charge is 0.293 e. The van der Waals surface area contributed by atoms with Crippen molar-refractivity contribution in [1.29, 1.82) is 0 Å². The van der Waals surface area contributed by atoms with Gasteiger partial charge in [-0.25, -0.2) is 0 Å². The molecule has 3 rings (SSSR count). The molecule has 0 atom stereocenters. The van der Waals surface area contributed by atoms with Gasteiger partial charge in [0.25, 0.3) is 11.1 Å². The molecule has 2 aliphatic rings. The van der Waals surface area contributed by atoms with E-state index < -0.39 is 0 Å². The number of nitrogens with zero attached hydrogens (tertiary/aromatic N) is 1. The molecule has 1 aromatic rings. The van der Waals surface area contributed by atoms with Gasteiger partial charge in [-0.3, -0.25) is 14.5 Å². The molecule has 0 bridgehead atoms. The summed E-state index contributed by atoms with van der Waals surface area (Å²) < 4.78 is 5.30. The van der Waals surface area contributed by atoms with Crippen molar-refractivity contribution in [2.45, 2.75) is 32.1 Å². The Kier molecular flexibility index (Phi) is 5.51. The van der Waals surface area contributed by atoms with Crippen molar-refractivity contribution >= 4 is 40.6 Å². The Bertz CT molecular complexity index is 683. The van der Waals surface area contributed by atoms with E-state index in [1.165, 1.54) is 24.2 Å². The van der Waals surface area contributed by atoms with Gasteiger partial charge in [0.2, 0.25) is 0 Å². The molecular weight excluding hydrogens is 346 g/mol. The van der Waals surface area contributed by atoms with Crippen molar-refractivity contribution in [3.05, 3.63) is 33.7 Å². The predicted molar refractivity (Wildman–Crippen MR) is 97.3 cm³/mol. The van der Waals surface area contributed by atoms with Gasteiger partial charge in [0.05, 0.1) is 12.0 Å². The topological polar surface area (TPSA) is 46.6 Å². The van der Waals surface area contributed by atoms with E-state index in [1.54, 1.807) is 31.4 Å². The molecule has 2 amide bonds. The van der Waals surface area contributed by atoms with E-state index in [2.05, 4.69) is 0 Å². The van der Waals surface area contributed by atoms with Crippen LogP contribution in [-0.2, 0) is 4.79 Å². The van der Waals surface area contributed by atoms with Gasteiger partial charge >= 0.3 is 0 Å². The number of methoxy groups -OCH3 is 1. The molecule has 1 saturated carbocycles. The first-order valence-electron chi connectivity index (χ1n) is 8.17. The molecular formula is C18H20ClNO3S. The molecule has 1 aromatic carbocycles. The molecule has 1 heterocycles. The lowest BCUT2D eigenvalue weighted by molar-refractivity contribution is -0.123. The van der Waals surface area contributed by atoms with Crippen molar-refractivity contribution in [1.82, 2.24) is 4.90 Å². The number of thioether (sulfide) groups is 1. The highest BCUT2D eigenvalue weighted by Gasteiger charge is 2.36. The van der Waals surface area contributed by atoms with E-state index in [4.69, 9.17) is 16.3 Å². The average Bonchev–Trinajstić information content (AvgIpc) is 2.84. The van der Waals surface area contributed by atoms with Crippen LogP contribution in [0, 0.1) is 5.92 Å². The predicted octanol–water partition coefficient (Wildman–Crippen LogP) is 4.97. The fraction of sp³-hybridized carbons (Fsp3) is 0.444. The zero-order valence-electron chi connectivity index (χ0n) is 13.6. The van der Waals surface area contributed by atoms with Crippen LogP contribution in [0.15, 0.2) is 23.1 Å². The number of carbonyl (C=O) groups is 2. The van der Waals surface area contributed by atoms with Gasteiger partial charge in [-0.1, -0.05) is 30.9 Å². The molecule has 4 nitrogen and oxygen atoms in total. The summed E-state index contributed by atoms with van der Waals surface area (Å²) in [5.41, 5.74) is 0.702. The molecule has 0 radical (unpaired) electrons. The first kappa shape index (κ1) is 17.4. The van der Waals surface area contributed by atoms with E-state index in [1.807, 2.05) is 0 Å². The number of ether oxygens (including phenoxy) is 1. The van der Waals surface area contributed by atoms with Gasteiger partial charge in [-0.05, 0) is 54.8 Å². The van der Waals surface area contributed by atoms with Crippen molar-refractivity contribution in [2.75, 3.05) is 13.7 Å². The number of halogens is 1. The van der Waals surface area contributed by atoms with E-state index in [0.717, 1.165) is 24.6 Å². The van der Waals surface area contributed by atoms with Crippen LogP contribution >= 0.6 is 23.4 Å². The lowest BCUT2D eigenvalue weighted by Gasteiger charge is -2.25. The van der Waals surface area contributed by atoms with Crippen LogP contribution in [0.3, 0.4) is 0 Å². The number of rotatable bonds is 4. The molecule has 6 heteroatoms. The van der Waals surface area contributed by atoms with Crippen LogP contribution in [0.25, 0.3) is 6.08 Å². The van der Waals surface area contributed by atoms with Gasteiger partial charge in [-0.2, -0.15) is 0 Å². The second-order valence-corrected chi connectivity index (χ2v) is 7.61. The lowest BCUT2D eigenvalue weighted by atomic mass is 9.89. The summed E-state index contributed by atoms with van der Waals surface area (Å²) in [6.45, 7) is 0.536. The summed E-state index contributed by atoms with van der Waals surface area (Å²) >= 11 is 7.02. The Morgan fingerprint density at radius 1 is 1.29 bits per heavy atom. The summed E-state index contributed by atoms with van der Waals surface area (Å²) in [6, 6.07) is 5.21. The van der Waals surface area contributed by atoms with Gasteiger partial charge in [0.1, 0.15) is 5.75 Å². The van der Waals surface area contributed by atoms with E-state index in [0.29, 0.717) is 33.7 Å². The molecule has 128 valence electrons. The third-order valence-corrected chi connectivity index (χ3v) is 5.66. The van der Waals surface area contributed by atoms with E-state index in [-0.39, 0.29) is 11.1 Å². The molecule has 24 heavy (non-hydrogen) atoms. The minimum absolute atomic E-state index is 0.183. The Labute approximate surface area is 151 Å². The highest BCUT2D eigenvalue weighted by molar-refractivity contribution is 8.18. The van der Waals surface area contributed by atoms with Crippen LogP contribution in [0.1, 0.15) is 37.7 Å². The molecule has 0 N–H and O–H groups in total. The number of benzene rings is 1. The Hall–Kier alpha value is -1.46. The number of carbonyl (C=O) groups excluding carboxylic acids is 2. The number of hydrogen-bond donors (Lipinski definition) is 0. The lowest BCUT2D eigenvalue weighted by Crippen LogP contribution is -2.34. The van der Waals surface area contributed by atoms with Gasteiger partial charge in [0, 0.05) is 17.1 Å². The second kappa shape index (κ2) is 7.62. The maximum absolute atomic E-state index is 12.6. The van der Waals surface area contributed by atoms with Crippen molar-refractivity contribution in [3.8, 4) is 5.75 Å². The minimum atomic E-state index is -0.211. The van der Waals surface area contributed by atoms with Gasteiger partial charge in [-0.15, -0.1) is 0 Å². The fourth-order valence-corrected chi connectivity index (χ4v) is 4.26. The maximum Gasteiger partial charge on any atom is 0.293 e. The van der Waals surface area contributed by atoms with Crippen molar-refractivity contribution < 1.29 is 14.3 Å². The Morgan fingerprint density at radius 3 is 2.75 bits per heavy atom. The second-order valence-electron chi connectivity index (χ2n) is 6.18. The molecule has 0 spiro atoms. The third kappa shape index (κ3) is 3.78. The molecule has 2 fully saturated rings. The maximum atomic E-state index is 12.6. The third-order valence-electron chi connectivity index (χ3n) is 4.52. The Balaban J connectivity index is 1.79. The monoisotopic (exact) mass is 365 g/mol. The molecule has 0 aromatic heterocycles. The SMILES string of the molecule is COc1ccc(Cl)cc1/C=C1/SC(=O)N(CC2CCCCC2)C1=O. The Morgan fingerprint density at radius 2 is 2.04 bits per heavy atom. The van der Waals surface area contributed by atoms with Crippen molar-refractivity contribution in [3.63, 3.8) is 0 Å². The normalized spacial score (nSPS) is 20.9. The molecule has 0 unspecified atom stereocenters. The van der Waals surface area contributed by atoms with Crippen LogP contribution in [-0.4, -0.2) is 29.7 Å². The zero-order chi connectivity index (χ0) is 17.1. The summed E-state index contributed by atoms with van der Waals surface area (Å²) in [5.74, 6) is 0.850. The van der Waals surface area contributed by atoms with Gasteiger partial charge in [0.15, 0.2) is 0 Å². The largest absolute Gasteiger partial charge is 0.496 e. The highest BCUT2D eigenvalue weighted by atomic mass is 35.5.